The van der Waals surface area contributed by atoms with E-state index in [0.717, 1.165) is 36.5 Å². The lowest BCUT2D eigenvalue weighted by molar-refractivity contribution is -0.116. The van der Waals surface area contributed by atoms with E-state index in [1.54, 1.807) is 24.3 Å². The lowest BCUT2D eigenvalue weighted by Crippen LogP contribution is -2.34. The first-order chi connectivity index (χ1) is 14.5. The zero-order chi connectivity index (χ0) is 21.5. The molecule has 0 saturated heterocycles. The van der Waals surface area contributed by atoms with Gasteiger partial charge in [-0.3, -0.25) is 9.59 Å². The molecule has 0 radical (unpaired) electrons. The maximum atomic E-state index is 12.5. The summed E-state index contributed by atoms with van der Waals surface area (Å²) < 4.78 is 1.89. The highest BCUT2D eigenvalue weighted by molar-refractivity contribution is 5.96. The number of imidazole rings is 1. The minimum atomic E-state index is -0.141. The highest BCUT2D eigenvalue weighted by Crippen LogP contribution is 2.16. The molecule has 2 amide bonds. The summed E-state index contributed by atoms with van der Waals surface area (Å²) in [6.07, 6.45) is 0. The third-order valence-corrected chi connectivity index (χ3v) is 5.19. The number of amides is 2. The minimum absolute atomic E-state index is 0.111. The monoisotopic (exact) mass is 407 g/mol. The van der Waals surface area contributed by atoms with Gasteiger partial charge in [0, 0.05) is 24.3 Å². The van der Waals surface area contributed by atoms with Crippen LogP contribution in [0.5, 0.6) is 0 Å². The normalized spacial score (nSPS) is 11.1. The van der Waals surface area contributed by atoms with Gasteiger partial charge in [-0.2, -0.15) is 0 Å². The number of hydrogen-bond acceptors (Lipinski definition) is 4. The molecular formula is C23H29N5O2. The third kappa shape index (κ3) is 5.24. The van der Waals surface area contributed by atoms with Gasteiger partial charge in [-0.25, -0.2) is 4.98 Å². The Kier molecular flexibility index (Phi) is 7.19. The van der Waals surface area contributed by atoms with E-state index < -0.39 is 0 Å². The smallest absolute Gasteiger partial charge is 0.251 e. The van der Waals surface area contributed by atoms with Crippen molar-refractivity contribution in [3.8, 4) is 0 Å². The van der Waals surface area contributed by atoms with Crippen LogP contribution in [0.2, 0.25) is 0 Å². The van der Waals surface area contributed by atoms with Crippen LogP contribution in [-0.4, -0.2) is 52.4 Å². The van der Waals surface area contributed by atoms with Crippen LogP contribution >= 0.6 is 0 Å². The van der Waals surface area contributed by atoms with E-state index in [1.807, 2.05) is 35.8 Å². The molecule has 0 unspecified atom stereocenters. The van der Waals surface area contributed by atoms with Gasteiger partial charge in [0.1, 0.15) is 12.4 Å². The van der Waals surface area contributed by atoms with Crippen LogP contribution in [0.25, 0.3) is 11.0 Å². The van der Waals surface area contributed by atoms with Gasteiger partial charge in [0.2, 0.25) is 5.91 Å². The van der Waals surface area contributed by atoms with Gasteiger partial charge >= 0.3 is 0 Å². The Hall–Kier alpha value is -3.19. The number of carbonyl (C=O) groups is 2. The van der Waals surface area contributed by atoms with Crippen LogP contribution in [-0.2, 0) is 11.3 Å². The summed E-state index contributed by atoms with van der Waals surface area (Å²) in [4.78, 5) is 31.5. The number of fused-ring (bicyclic) bond motifs is 1. The molecule has 7 heteroatoms. The van der Waals surface area contributed by atoms with Crippen LogP contribution in [0, 0.1) is 6.92 Å². The van der Waals surface area contributed by atoms with E-state index in [2.05, 4.69) is 34.4 Å². The molecule has 0 fully saturated rings. The van der Waals surface area contributed by atoms with Crippen molar-refractivity contribution < 1.29 is 9.59 Å². The minimum Gasteiger partial charge on any atom is -0.351 e. The van der Waals surface area contributed by atoms with Gasteiger partial charge in [0.15, 0.2) is 0 Å². The first-order valence-electron chi connectivity index (χ1n) is 10.3. The van der Waals surface area contributed by atoms with E-state index in [1.165, 1.54) is 0 Å². The summed E-state index contributed by atoms with van der Waals surface area (Å²) in [7, 11) is 0. The second kappa shape index (κ2) is 10.0. The molecule has 1 heterocycles. The van der Waals surface area contributed by atoms with Crippen molar-refractivity contribution in [1.29, 1.82) is 0 Å². The molecule has 0 saturated carbocycles. The Morgan fingerprint density at radius 2 is 1.73 bits per heavy atom. The number of para-hydroxylation sites is 2. The lowest BCUT2D eigenvalue weighted by Gasteiger charge is -2.18. The van der Waals surface area contributed by atoms with E-state index in [4.69, 9.17) is 0 Å². The van der Waals surface area contributed by atoms with Crippen LogP contribution in [0.3, 0.4) is 0 Å². The zero-order valence-corrected chi connectivity index (χ0v) is 17.8. The standard InChI is InChI=1S/C23H29N5O2/c1-4-27(5-2)15-14-24-23(30)18-10-12-19(13-11-18)26-22(29)16-28-17(3)25-20-8-6-7-9-21(20)28/h6-13H,4-5,14-16H2,1-3H3,(H,24,30)(H,26,29). The molecule has 2 N–H and O–H groups in total. The van der Waals surface area contributed by atoms with Crippen molar-refractivity contribution in [2.24, 2.45) is 0 Å². The van der Waals surface area contributed by atoms with Gasteiger partial charge in [0.25, 0.3) is 5.91 Å². The summed E-state index contributed by atoms with van der Waals surface area (Å²) in [6, 6.07) is 14.7. The number of carbonyl (C=O) groups excluding carboxylic acids is 2. The molecule has 0 aliphatic heterocycles. The molecular weight excluding hydrogens is 378 g/mol. The Morgan fingerprint density at radius 1 is 1.03 bits per heavy atom. The van der Waals surface area contributed by atoms with Crippen LogP contribution in [0.4, 0.5) is 5.69 Å². The summed E-state index contributed by atoms with van der Waals surface area (Å²) in [5.41, 5.74) is 3.03. The Balaban J connectivity index is 1.55. The average molecular weight is 408 g/mol. The van der Waals surface area contributed by atoms with Crippen molar-refractivity contribution in [2.45, 2.75) is 27.3 Å². The number of nitrogens with one attached hydrogen (secondary N) is 2. The van der Waals surface area contributed by atoms with E-state index in [-0.39, 0.29) is 18.4 Å². The molecule has 0 spiro atoms. The highest BCUT2D eigenvalue weighted by Gasteiger charge is 2.11. The van der Waals surface area contributed by atoms with Crippen molar-refractivity contribution in [3.05, 3.63) is 59.9 Å². The number of aromatic nitrogens is 2. The molecule has 0 aliphatic rings. The first kappa shape index (κ1) is 21.5. The number of likely N-dealkylation sites (N-methyl/N-ethyl adjacent to an activating group) is 1. The van der Waals surface area contributed by atoms with Gasteiger partial charge in [-0.1, -0.05) is 26.0 Å². The predicted octanol–water partition coefficient (Wildman–Crippen LogP) is 3.06. The first-order valence-corrected chi connectivity index (χ1v) is 10.3. The van der Waals surface area contributed by atoms with Gasteiger partial charge in [0.05, 0.1) is 11.0 Å². The maximum absolute atomic E-state index is 12.5. The topological polar surface area (TPSA) is 79.3 Å². The summed E-state index contributed by atoms with van der Waals surface area (Å²) in [6.45, 7) is 9.65. The summed E-state index contributed by atoms with van der Waals surface area (Å²) >= 11 is 0. The SMILES string of the molecule is CCN(CC)CCNC(=O)c1ccc(NC(=O)Cn2c(C)nc3ccccc32)cc1. The van der Waals surface area contributed by atoms with Crippen molar-refractivity contribution in [2.75, 3.05) is 31.5 Å². The number of hydrogen-bond donors (Lipinski definition) is 2. The molecule has 0 aliphatic carbocycles. The van der Waals surface area contributed by atoms with Crippen molar-refractivity contribution in [1.82, 2.24) is 19.8 Å². The molecule has 0 atom stereocenters. The molecule has 0 bridgehead atoms. The second-order valence-corrected chi connectivity index (χ2v) is 7.14. The van der Waals surface area contributed by atoms with Gasteiger partial charge in [-0.05, 0) is 56.4 Å². The van der Waals surface area contributed by atoms with E-state index in [0.29, 0.717) is 17.8 Å². The Morgan fingerprint density at radius 3 is 2.43 bits per heavy atom. The van der Waals surface area contributed by atoms with Crippen molar-refractivity contribution >= 4 is 28.5 Å². The predicted molar refractivity (Wildman–Crippen MR) is 120 cm³/mol. The molecule has 7 nitrogen and oxygen atoms in total. The van der Waals surface area contributed by atoms with Crippen LogP contribution in [0.15, 0.2) is 48.5 Å². The fraction of sp³-hybridized carbons (Fsp3) is 0.348. The molecule has 158 valence electrons. The Bertz CT molecular complexity index is 1010. The summed E-state index contributed by atoms with van der Waals surface area (Å²) in [5.74, 6) is 0.543. The number of anilines is 1. The fourth-order valence-electron chi connectivity index (χ4n) is 3.41. The molecule has 1 aromatic heterocycles. The number of rotatable bonds is 9. The fourth-order valence-corrected chi connectivity index (χ4v) is 3.41. The quantitative estimate of drug-likeness (QED) is 0.571. The largest absolute Gasteiger partial charge is 0.351 e. The Labute approximate surface area is 177 Å². The number of benzene rings is 2. The van der Waals surface area contributed by atoms with Crippen LogP contribution < -0.4 is 10.6 Å². The maximum Gasteiger partial charge on any atom is 0.251 e. The van der Waals surface area contributed by atoms with Crippen LogP contribution in [0.1, 0.15) is 30.0 Å². The highest BCUT2D eigenvalue weighted by atomic mass is 16.2. The third-order valence-electron chi connectivity index (χ3n) is 5.19. The van der Waals surface area contributed by atoms with Gasteiger partial charge < -0.3 is 20.1 Å². The lowest BCUT2D eigenvalue weighted by atomic mass is 10.2. The van der Waals surface area contributed by atoms with Gasteiger partial charge in [-0.15, -0.1) is 0 Å². The molecule has 3 aromatic rings. The average Bonchev–Trinajstić information content (AvgIpc) is 3.06. The van der Waals surface area contributed by atoms with E-state index >= 15 is 0 Å². The second-order valence-electron chi connectivity index (χ2n) is 7.14. The zero-order valence-electron chi connectivity index (χ0n) is 17.8. The summed E-state index contributed by atoms with van der Waals surface area (Å²) in [5, 5.41) is 5.82. The van der Waals surface area contributed by atoms with E-state index in [9.17, 15) is 9.59 Å². The number of aryl methyl sites for hydroxylation is 1. The molecule has 3 rings (SSSR count). The number of nitrogens with zero attached hydrogens (tertiary/aromatic N) is 3. The van der Waals surface area contributed by atoms with Crippen molar-refractivity contribution in [3.63, 3.8) is 0 Å². The molecule has 2 aromatic carbocycles. The molecule has 30 heavy (non-hydrogen) atoms.